The van der Waals surface area contributed by atoms with E-state index in [0.29, 0.717) is 23.3 Å². The molecule has 4 aromatic rings. The summed E-state index contributed by atoms with van der Waals surface area (Å²) in [6, 6.07) is 15.7. The van der Waals surface area contributed by atoms with Crippen molar-refractivity contribution in [3.05, 3.63) is 87.7 Å². The SMILES string of the molecule is Cc1cc(F)ccc1-c1cnc2[nH]c(=O)n(Cc3cccc(C#N)c3)c2c1. The van der Waals surface area contributed by atoms with Crippen molar-refractivity contribution in [3.8, 4) is 17.2 Å². The van der Waals surface area contributed by atoms with Gasteiger partial charge < -0.3 is 0 Å². The monoisotopic (exact) mass is 358 g/mol. The van der Waals surface area contributed by atoms with Gasteiger partial charge in [0.2, 0.25) is 0 Å². The van der Waals surface area contributed by atoms with Gasteiger partial charge in [-0.3, -0.25) is 9.55 Å². The summed E-state index contributed by atoms with van der Waals surface area (Å²) >= 11 is 0. The van der Waals surface area contributed by atoms with Gasteiger partial charge in [-0.05, 0) is 53.9 Å². The molecule has 0 aliphatic carbocycles. The standard InChI is InChI=1S/C21H15FN4O/c1-13-7-17(22)5-6-18(13)16-9-19-20(24-11-16)25-21(27)26(19)12-15-4-2-3-14(8-15)10-23/h2-9,11H,12H2,1H3,(H,24,25,27). The molecule has 0 spiro atoms. The van der Waals surface area contributed by atoms with Gasteiger partial charge in [0.15, 0.2) is 5.65 Å². The molecule has 0 amide bonds. The molecule has 6 heteroatoms. The van der Waals surface area contributed by atoms with Crippen LogP contribution in [-0.4, -0.2) is 14.5 Å². The maximum absolute atomic E-state index is 13.4. The van der Waals surface area contributed by atoms with Crippen LogP contribution in [0.2, 0.25) is 0 Å². The fourth-order valence-electron chi connectivity index (χ4n) is 3.21. The van der Waals surface area contributed by atoms with Crippen molar-refractivity contribution in [2.75, 3.05) is 0 Å². The molecule has 2 heterocycles. The first-order valence-corrected chi connectivity index (χ1v) is 8.39. The number of halogens is 1. The molecular weight excluding hydrogens is 343 g/mol. The van der Waals surface area contributed by atoms with E-state index in [9.17, 15) is 9.18 Å². The van der Waals surface area contributed by atoms with Crippen LogP contribution in [0.4, 0.5) is 4.39 Å². The highest BCUT2D eigenvalue weighted by Crippen LogP contribution is 2.25. The minimum atomic E-state index is -0.291. The van der Waals surface area contributed by atoms with Gasteiger partial charge in [0, 0.05) is 11.8 Å². The Bertz CT molecular complexity index is 1260. The second kappa shape index (κ2) is 6.54. The van der Waals surface area contributed by atoms with E-state index in [2.05, 4.69) is 16.0 Å². The Morgan fingerprint density at radius 1 is 1.22 bits per heavy atom. The number of H-pyrrole nitrogens is 1. The predicted molar refractivity (Wildman–Crippen MR) is 101 cm³/mol. The summed E-state index contributed by atoms with van der Waals surface area (Å²) in [4.78, 5) is 19.5. The predicted octanol–water partition coefficient (Wildman–Crippen LogP) is 3.76. The van der Waals surface area contributed by atoms with Crippen molar-refractivity contribution in [2.45, 2.75) is 13.5 Å². The number of pyridine rings is 1. The smallest absolute Gasteiger partial charge is 0.290 e. The number of benzene rings is 2. The van der Waals surface area contributed by atoms with Gasteiger partial charge in [0.1, 0.15) is 5.82 Å². The van der Waals surface area contributed by atoms with Crippen molar-refractivity contribution in [3.63, 3.8) is 0 Å². The minimum Gasteiger partial charge on any atom is -0.290 e. The molecule has 0 atom stereocenters. The van der Waals surface area contributed by atoms with Gasteiger partial charge in [0.25, 0.3) is 0 Å². The number of nitriles is 1. The van der Waals surface area contributed by atoms with Crippen LogP contribution in [-0.2, 0) is 6.54 Å². The summed E-state index contributed by atoms with van der Waals surface area (Å²) in [5, 5.41) is 9.06. The summed E-state index contributed by atoms with van der Waals surface area (Å²) in [5.41, 5.74) is 4.72. The van der Waals surface area contributed by atoms with Crippen LogP contribution in [0.25, 0.3) is 22.3 Å². The zero-order chi connectivity index (χ0) is 19.0. The molecule has 0 fully saturated rings. The normalized spacial score (nSPS) is 10.9. The van der Waals surface area contributed by atoms with Crippen molar-refractivity contribution in [2.24, 2.45) is 0 Å². The van der Waals surface area contributed by atoms with E-state index in [4.69, 9.17) is 5.26 Å². The van der Waals surface area contributed by atoms with Crippen molar-refractivity contribution < 1.29 is 4.39 Å². The number of hydrogen-bond donors (Lipinski definition) is 1. The van der Waals surface area contributed by atoms with E-state index in [-0.39, 0.29) is 11.5 Å². The Kier molecular flexibility index (Phi) is 4.05. The average Bonchev–Trinajstić information content (AvgIpc) is 2.97. The van der Waals surface area contributed by atoms with Crippen LogP contribution in [0.5, 0.6) is 0 Å². The molecule has 1 N–H and O–H groups in total. The van der Waals surface area contributed by atoms with E-state index in [1.54, 1.807) is 35.0 Å². The molecule has 0 aliphatic heterocycles. The molecule has 2 aromatic carbocycles. The molecule has 132 valence electrons. The van der Waals surface area contributed by atoms with Crippen LogP contribution >= 0.6 is 0 Å². The average molecular weight is 358 g/mol. The fraction of sp³-hybridized carbons (Fsp3) is 0.0952. The molecule has 5 nitrogen and oxygen atoms in total. The lowest BCUT2D eigenvalue weighted by atomic mass is 10.0. The van der Waals surface area contributed by atoms with Crippen LogP contribution in [0, 0.1) is 24.1 Å². The van der Waals surface area contributed by atoms with E-state index >= 15 is 0 Å². The van der Waals surface area contributed by atoms with Crippen molar-refractivity contribution >= 4 is 11.2 Å². The van der Waals surface area contributed by atoms with Crippen molar-refractivity contribution in [1.29, 1.82) is 5.26 Å². The number of aromatic amines is 1. The number of hydrogen-bond acceptors (Lipinski definition) is 3. The largest absolute Gasteiger partial charge is 0.327 e. The van der Waals surface area contributed by atoms with Gasteiger partial charge in [-0.1, -0.05) is 18.2 Å². The highest BCUT2D eigenvalue weighted by Gasteiger charge is 2.12. The maximum Gasteiger partial charge on any atom is 0.327 e. The molecule has 0 radical (unpaired) electrons. The second-order valence-corrected chi connectivity index (χ2v) is 6.38. The first-order valence-electron chi connectivity index (χ1n) is 8.39. The summed E-state index contributed by atoms with van der Waals surface area (Å²) in [6.45, 7) is 2.15. The summed E-state index contributed by atoms with van der Waals surface area (Å²) in [5.74, 6) is -0.291. The minimum absolute atomic E-state index is 0.271. The number of aryl methyl sites for hydroxylation is 1. The Balaban J connectivity index is 1.82. The van der Waals surface area contributed by atoms with Crippen LogP contribution in [0.1, 0.15) is 16.7 Å². The van der Waals surface area contributed by atoms with Gasteiger partial charge >= 0.3 is 5.69 Å². The van der Waals surface area contributed by atoms with Gasteiger partial charge in [-0.25, -0.2) is 14.2 Å². The number of imidazole rings is 1. The number of nitrogens with zero attached hydrogens (tertiary/aromatic N) is 3. The van der Waals surface area contributed by atoms with Crippen LogP contribution in [0.15, 0.2) is 59.5 Å². The molecule has 0 unspecified atom stereocenters. The number of fused-ring (bicyclic) bond motifs is 1. The fourth-order valence-corrected chi connectivity index (χ4v) is 3.21. The van der Waals surface area contributed by atoms with E-state index in [1.165, 1.54) is 12.1 Å². The van der Waals surface area contributed by atoms with E-state index in [0.717, 1.165) is 22.3 Å². The quantitative estimate of drug-likeness (QED) is 0.606. The highest BCUT2D eigenvalue weighted by molar-refractivity contribution is 5.79. The number of rotatable bonds is 3. The van der Waals surface area contributed by atoms with Crippen LogP contribution < -0.4 is 5.69 Å². The highest BCUT2D eigenvalue weighted by atomic mass is 19.1. The third-order valence-corrected chi connectivity index (χ3v) is 4.53. The van der Waals surface area contributed by atoms with E-state index in [1.807, 2.05) is 19.1 Å². The topological polar surface area (TPSA) is 74.5 Å². The van der Waals surface area contributed by atoms with Crippen molar-refractivity contribution in [1.82, 2.24) is 14.5 Å². The third-order valence-electron chi connectivity index (χ3n) is 4.53. The zero-order valence-corrected chi connectivity index (χ0v) is 14.5. The third kappa shape index (κ3) is 3.11. The van der Waals surface area contributed by atoms with Gasteiger partial charge in [-0.2, -0.15) is 5.26 Å². The molecule has 0 saturated carbocycles. The summed E-state index contributed by atoms with van der Waals surface area (Å²) in [7, 11) is 0. The Hall–Kier alpha value is -3.72. The molecule has 2 aromatic heterocycles. The number of aromatic nitrogens is 3. The first kappa shape index (κ1) is 16.7. The molecular formula is C21H15FN4O. The van der Waals surface area contributed by atoms with Crippen LogP contribution in [0.3, 0.4) is 0 Å². The van der Waals surface area contributed by atoms with Gasteiger partial charge in [-0.15, -0.1) is 0 Å². The lowest BCUT2D eigenvalue weighted by Crippen LogP contribution is -2.17. The molecule has 0 bridgehead atoms. The molecule has 0 saturated heterocycles. The summed E-state index contributed by atoms with van der Waals surface area (Å²) in [6.07, 6.45) is 1.67. The molecule has 0 aliphatic rings. The summed E-state index contributed by atoms with van der Waals surface area (Å²) < 4.78 is 15.0. The first-order chi connectivity index (χ1) is 13.0. The lowest BCUT2D eigenvalue weighted by molar-refractivity contribution is 0.627. The molecule has 27 heavy (non-hydrogen) atoms. The van der Waals surface area contributed by atoms with Gasteiger partial charge in [0.05, 0.1) is 23.7 Å². The zero-order valence-electron chi connectivity index (χ0n) is 14.5. The Morgan fingerprint density at radius 3 is 2.85 bits per heavy atom. The Morgan fingerprint density at radius 2 is 2.07 bits per heavy atom. The molecule has 4 rings (SSSR count). The number of nitrogens with one attached hydrogen (secondary N) is 1. The lowest BCUT2D eigenvalue weighted by Gasteiger charge is -2.08. The Labute approximate surface area is 154 Å². The maximum atomic E-state index is 13.4. The second-order valence-electron chi connectivity index (χ2n) is 6.38. The van der Waals surface area contributed by atoms with E-state index < -0.39 is 0 Å².